The molecular weight excluding hydrogens is 265 g/mol. The molecule has 0 aromatic heterocycles. The second-order valence-electron chi connectivity index (χ2n) is 4.65. The van der Waals surface area contributed by atoms with Crippen LogP contribution >= 0.6 is 0 Å². The third-order valence-electron chi connectivity index (χ3n) is 3.15. The standard InChI is InChI=1S/C18H14FNO/c19-16-12-14(20)10-11-18(16)21-17-9-5-4-8-15(17)13-6-2-1-3-7-13/h1-12H,20H2. The normalized spacial score (nSPS) is 10.3. The summed E-state index contributed by atoms with van der Waals surface area (Å²) in [6, 6.07) is 21.8. The Kier molecular flexibility index (Phi) is 3.56. The van der Waals surface area contributed by atoms with E-state index in [1.807, 2.05) is 54.6 Å². The van der Waals surface area contributed by atoms with Gasteiger partial charge in [0.1, 0.15) is 5.75 Å². The van der Waals surface area contributed by atoms with E-state index in [4.69, 9.17) is 10.5 Å². The molecule has 2 nitrogen and oxygen atoms in total. The van der Waals surface area contributed by atoms with E-state index < -0.39 is 5.82 Å². The van der Waals surface area contributed by atoms with Gasteiger partial charge in [-0.2, -0.15) is 0 Å². The molecule has 0 aliphatic carbocycles. The molecule has 0 atom stereocenters. The Bertz CT molecular complexity index is 756. The summed E-state index contributed by atoms with van der Waals surface area (Å²) in [5.74, 6) is 0.290. The number of benzene rings is 3. The predicted molar refractivity (Wildman–Crippen MR) is 82.8 cm³/mol. The molecule has 104 valence electrons. The largest absolute Gasteiger partial charge is 0.454 e. The van der Waals surface area contributed by atoms with Crippen LogP contribution < -0.4 is 10.5 Å². The van der Waals surface area contributed by atoms with Gasteiger partial charge in [0.2, 0.25) is 0 Å². The maximum atomic E-state index is 13.9. The van der Waals surface area contributed by atoms with Crippen molar-refractivity contribution in [3.05, 3.63) is 78.6 Å². The Balaban J connectivity index is 2.00. The van der Waals surface area contributed by atoms with Crippen LogP contribution in [0.2, 0.25) is 0 Å². The van der Waals surface area contributed by atoms with E-state index in [0.29, 0.717) is 11.4 Å². The van der Waals surface area contributed by atoms with E-state index in [9.17, 15) is 4.39 Å². The Morgan fingerprint density at radius 1 is 0.762 bits per heavy atom. The molecule has 0 aliphatic rings. The molecule has 0 radical (unpaired) electrons. The number of nitrogens with two attached hydrogens (primary N) is 1. The molecule has 0 saturated heterocycles. The van der Waals surface area contributed by atoms with Crippen LogP contribution in [0, 0.1) is 5.82 Å². The molecule has 0 spiro atoms. The Morgan fingerprint density at radius 3 is 2.24 bits per heavy atom. The molecule has 21 heavy (non-hydrogen) atoms. The van der Waals surface area contributed by atoms with E-state index in [1.165, 1.54) is 12.1 Å². The van der Waals surface area contributed by atoms with Crippen molar-refractivity contribution < 1.29 is 9.13 Å². The van der Waals surface area contributed by atoms with Crippen LogP contribution in [0.4, 0.5) is 10.1 Å². The minimum Gasteiger partial charge on any atom is -0.454 e. The van der Waals surface area contributed by atoms with Crippen LogP contribution in [0.1, 0.15) is 0 Å². The predicted octanol–water partition coefficient (Wildman–Crippen LogP) is 4.87. The van der Waals surface area contributed by atoms with E-state index in [2.05, 4.69) is 0 Å². The molecule has 0 fully saturated rings. The molecule has 0 unspecified atom stereocenters. The van der Waals surface area contributed by atoms with Gasteiger partial charge in [0.15, 0.2) is 11.6 Å². The molecular formula is C18H14FNO. The summed E-state index contributed by atoms with van der Waals surface area (Å²) < 4.78 is 19.6. The lowest BCUT2D eigenvalue weighted by Crippen LogP contribution is -1.93. The van der Waals surface area contributed by atoms with Crippen molar-refractivity contribution in [1.82, 2.24) is 0 Å². The Labute approximate surface area is 122 Å². The van der Waals surface area contributed by atoms with Gasteiger partial charge in [-0.25, -0.2) is 4.39 Å². The van der Waals surface area contributed by atoms with Crippen molar-refractivity contribution in [2.75, 3.05) is 5.73 Å². The quantitative estimate of drug-likeness (QED) is 0.694. The summed E-state index contributed by atoms with van der Waals surface area (Å²) in [6.45, 7) is 0. The third-order valence-corrected chi connectivity index (χ3v) is 3.15. The molecule has 3 heteroatoms. The number of nitrogen functional groups attached to an aromatic ring is 1. The fourth-order valence-electron chi connectivity index (χ4n) is 2.13. The van der Waals surface area contributed by atoms with Gasteiger partial charge in [-0.15, -0.1) is 0 Å². The number of rotatable bonds is 3. The highest BCUT2D eigenvalue weighted by atomic mass is 19.1. The monoisotopic (exact) mass is 279 g/mol. The highest BCUT2D eigenvalue weighted by Crippen LogP contribution is 2.34. The van der Waals surface area contributed by atoms with E-state index in [-0.39, 0.29) is 5.75 Å². The number of hydrogen-bond donors (Lipinski definition) is 1. The fourth-order valence-corrected chi connectivity index (χ4v) is 2.13. The Hall–Kier alpha value is -2.81. The topological polar surface area (TPSA) is 35.2 Å². The molecule has 0 heterocycles. The third kappa shape index (κ3) is 2.87. The number of ether oxygens (including phenoxy) is 1. The second kappa shape index (κ2) is 5.67. The average Bonchev–Trinajstić information content (AvgIpc) is 2.51. The zero-order chi connectivity index (χ0) is 14.7. The summed E-state index contributed by atoms with van der Waals surface area (Å²) in [5.41, 5.74) is 7.85. The lowest BCUT2D eigenvalue weighted by molar-refractivity contribution is 0.444. The van der Waals surface area contributed by atoms with Crippen LogP contribution in [-0.2, 0) is 0 Å². The average molecular weight is 279 g/mol. The minimum atomic E-state index is -0.474. The van der Waals surface area contributed by atoms with Crippen molar-refractivity contribution in [2.24, 2.45) is 0 Å². The van der Waals surface area contributed by atoms with Crippen molar-refractivity contribution in [3.8, 4) is 22.6 Å². The molecule has 2 N–H and O–H groups in total. The van der Waals surface area contributed by atoms with Gasteiger partial charge in [-0.1, -0.05) is 48.5 Å². The molecule has 0 bridgehead atoms. The van der Waals surface area contributed by atoms with Crippen LogP contribution in [0.15, 0.2) is 72.8 Å². The van der Waals surface area contributed by atoms with Crippen LogP contribution in [0.25, 0.3) is 11.1 Å². The SMILES string of the molecule is Nc1ccc(Oc2ccccc2-c2ccccc2)c(F)c1. The van der Waals surface area contributed by atoms with E-state index in [1.54, 1.807) is 6.07 Å². The van der Waals surface area contributed by atoms with Gasteiger partial charge in [-0.05, 0) is 23.8 Å². The molecule has 3 aromatic rings. The van der Waals surface area contributed by atoms with Crippen LogP contribution in [-0.4, -0.2) is 0 Å². The first kappa shape index (κ1) is 13.2. The summed E-state index contributed by atoms with van der Waals surface area (Å²) in [7, 11) is 0. The van der Waals surface area contributed by atoms with Gasteiger partial charge in [0.05, 0.1) is 0 Å². The minimum absolute atomic E-state index is 0.160. The first-order valence-corrected chi connectivity index (χ1v) is 6.61. The van der Waals surface area contributed by atoms with E-state index >= 15 is 0 Å². The van der Waals surface area contributed by atoms with Gasteiger partial charge in [0.25, 0.3) is 0 Å². The smallest absolute Gasteiger partial charge is 0.167 e. The molecule has 3 aromatic carbocycles. The van der Waals surface area contributed by atoms with Crippen molar-refractivity contribution in [1.29, 1.82) is 0 Å². The second-order valence-corrected chi connectivity index (χ2v) is 4.65. The number of anilines is 1. The fraction of sp³-hybridized carbons (Fsp3) is 0. The Morgan fingerprint density at radius 2 is 1.48 bits per heavy atom. The highest BCUT2D eigenvalue weighted by Gasteiger charge is 2.09. The van der Waals surface area contributed by atoms with Crippen molar-refractivity contribution in [3.63, 3.8) is 0 Å². The molecule has 0 saturated carbocycles. The first-order valence-electron chi connectivity index (χ1n) is 6.61. The van der Waals surface area contributed by atoms with Crippen LogP contribution in [0.3, 0.4) is 0 Å². The molecule has 3 rings (SSSR count). The number of para-hydroxylation sites is 1. The highest BCUT2D eigenvalue weighted by molar-refractivity contribution is 5.70. The maximum Gasteiger partial charge on any atom is 0.167 e. The van der Waals surface area contributed by atoms with Gasteiger partial charge in [0, 0.05) is 17.3 Å². The van der Waals surface area contributed by atoms with Crippen molar-refractivity contribution >= 4 is 5.69 Å². The molecule has 0 aliphatic heterocycles. The van der Waals surface area contributed by atoms with Gasteiger partial charge >= 0.3 is 0 Å². The molecule has 0 amide bonds. The number of hydrogen-bond acceptors (Lipinski definition) is 2. The zero-order valence-corrected chi connectivity index (χ0v) is 11.3. The van der Waals surface area contributed by atoms with Gasteiger partial charge < -0.3 is 10.5 Å². The zero-order valence-electron chi connectivity index (χ0n) is 11.3. The summed E-state index contributed by atoms with van der Waals surface area (Å²) in [4.78, 5) is 0. The first-order chi connectivity index (χ1) is 10.2. The lowest BCUT2D eigenvalue weighted by atomic mass is 10.0. The maximum absolute atomic E-state index is 13.9. The lowest BCUT2D eigenvalue weighted by Gasteiger charge is -2.12. The summed E-state index contributed by atoms with van der Waals surface area (Å²) >= 11 is 0. The summed E-state index contributed by atoms with van der Waals surface area (Å²) in [6.07, 6.45) is 0. The van der Waals surface area contributed by atoms with E-state index in [0.717, 1.165) is 11.1 Å². The number of halogens is 1. The van der Waals surface area contributed by atoms with Crippen LogP contribution in [0.5, 0.6) is 11.5 Å². The van der Waals surface area contributed by atoms with Crippen molar-refractivity contribution in [2.45, 2.75) is 0 Å². The van der Waals surface area contributed by atoms with Gasteiger partial charge in [-0.3, -0.25) is 0 Å². The summed E-state index contributed by atoms with van der Waals surface area (Å²) in [5, 5.41) is 0.